The zero-order valence-corrected chi connectivity index (χ0v) is 16.0. The highest BCUT2D eigenvalue weighted by Crippen LogP contribution is 2.32. The van der Waals surface area contributed by atoms with Crippen molar-refractivity contribution in [1.29, 1.82) is 0 Å². The van der Waals surface area contributed by atoms with Crippen LogP contribution < -0.4 is 4.74 Å². The van der Waals surface area contributed by atoms with E-state index in [4.69, 9.17) is 9.72 Å². The number of aryl methyl sites for hydroxylation is 1. The standard InChI is InChI=1S/C22H26N4O/c1-25-15-18(14-23-25)16-26-11-5-10-22(26)21-9-4-7-19(24-21)12-17-6-3-8-20(13-17)27-2/h3-4,6-9,13-15,22H,5,10-12,16H2,1-2H3/t22-/m0/s1. The molecule has 27 heavy (non-hydrogen) atoms. The average Bonchev–Trinajstić information content (AvgIpc) is 3.31. The minimum Gasteiger partial charge on any atom is -0.497 e. The van der Waals surface area contributed by atoms with Crippen LogP contribution in [0.4, 0.5) is 0 Å². The van der Waals surface area contributed by atoms with Crippen LogP contribution in [0.15, 0.2) is 54.9 Å². The first kappa shape index (κ1) is 17.7. The predicted octanol–water partition coefficient (Wildman–Crippen LogP) is 3.75. The molecule has 5 heteroatoms. The van der Waals surface area contributed by atoms with Gasteiger partial charge in [-0.25, -0.2) is 0 Å². The van der Waals surface area contributed by atoms with Crippen molar-refractivity contribution in [3.63, 3.8) is 0 Å². The average molecular weight is 362 g/mol. The highest BCUT2D eigenvalue weighted by Gasteiger charge is 2.27. The maximum Gasteiger partial charge on any atom is 0.119 e. The number of likely N-dealkylation sites (tertiary alicyclic amines) is 1. The van der Waals surface area contributed by atoms with Crippen LogP contribution in [0.5, 0.6) is 5.75 Å². The lowest BCUT2D eigenvalue weighted by atomic mass is 10.1. The van der Waals surface area contributed by atoms with Crippen molar-refractivity contribution in [2.24, 2.45) is 7.05 Å². The molecule has 0 spiro atoms. The Morgan fingerprint density at radius 1 is 1.15 bits per heavy atom. The topological polar surface area (TPSA) is 43.2 Å². The van der Waals surface area contributed by atoms with E-state index in [9.17, 15) is 0 Å². The molecule has 1 aliphatic heterocycles. The number of benzene rings is 1. The van der Waals surface area contributed by atoms with Crippen molar-refractivity contribution < 1.29 is 4.74 Å². The van der Waals surface area contributed by atoms with Crippen LogP contribution in [0.2, 0.25) is 0 Å². The van der Waals surface area contributed by atoms with Gasteiger partial charge < -0.3 is 4.74 Å². The molecular weight excluding hydrogens is 336 g/mol. The molecule has 0 aliphatic carbocycles. The van der Waals surface area contributed by atoms with Crippen molar-refractivity contribution in [3.05, 3.63) is 77.4 Å². The number of hydrogen-bond donors (Lipinski definition) is 0. The number of methoxy groups -OCH3 is 1. The van der Waals surface area contributed by atoms with Gasteiger partial charge >= 0.3 is 0 Å². The summed E-state index contributed by atoms with van der Waals surface area (Å²) in [5.74, 6) is 0.891. The summed E-state index contributed by atoms with van der Waals surface area (Å²) in [7, 11) is 3.67. The van der Waals surface area contributed by atoms with E-state index in [1.807, 2.05) is 30.1 Å². The van der Waals surface area contributed by atoms with E-state index in [2.05, 4.69) is 46.5 Å². The lowest BCUT2D eigenvalue weighted by Crippen LogP contribution is -2.23. The summed E-state index contributed by atoms with van der Waals surface area (Å²) in [5.41, 5.74) is 4.76. The molecule has 1 atom stereocenters. The van der Waals surface area contributed by atoms with Gasteiger partial charge in [-0.05, 0) is 49.2 Å². The number of ether oxygens (including phenoxy) is 1. The first-order valence-corrected chi connectivity index (χ1v) is 9.51. The second kappa shape index (κ2) is 7.92. The zero-order chi connectivity index (χ0) is 18.6. The molecule has 1 aliphatic rings. The smallest absolute Gasteiger partial charge is 0.119 e. The molecule has 5 nitrogen and oxygen atoms in total. The summed E-state index contributed by atoms with van der Waals surface area (Å²) in [6.45, 7) is 2.04. The van der Waals surface area contributed by atoms with E-state index in [1.165, 1.54) is 23.2 Å². The fraction of sp³-hybridized carbons (Fsp3) is 0.364. The van der Waals surface area contributed by atoms with Gasteiger partial charge in [-0.1, -0.05) is 18.2 Å². The highest BCUT2D eigenvalue weighted by atomic mass is 16.5. The molecular formula is C22H26N4O. The van der Waals surface area contributed by atoms with E-state index >= 15 is 0 Å². The number of hydrogen-bond acceptors (Lipinski definition) is 4. The fourth-order valence-corrected chi connectivity index (χ4v) is 3.91. The molecule has 0 radical (unpaired) electrons. The minimum atomic E-state index is 0.385. The second-order valence-corrected chi connectivity index (χ2v) is 7.23. The largest absolute Gasteiger partial charge is 0.497 e. The fourth-order valence-electron chi connectivity index (χ4n) is 3.91. The second-order valence-electron chi connectivity index (χ2n) is 7.23. The lowest BCUT2D eigenvalue weighted by Gasteiger charge is -2.23. The van der Waals surface area contributed by atoms with Crippen molar-refractivity contribution in [2.45, 2.75) is 31.8 Å². The third kappa shape index (κ3) is 4.19. The summed E-state index contributed by atoms with van der Waals surface area (Å²) in [5, 5.41) is 4.30. The molecule has 1 aromatic carbocycles. The van der Waals surface area contributed by atoms with Gasteiger partial charge in [-0.2, -0.15) is 5.10 Å². The molecule has 4 rings (SSSR count). The van der Waals surface area contributed by atoms with E-state index < -0.39 is 0 Å². The summed E-state index contributed by atoms with van der Waals surface area (Å²) in [6, 6.07) is 15.0. The van der Waals surface area contributed by atoms with Crippen molar-refractivity contribution in [2.75, 3.05) is 13.7 Å². The first-order valence-electron chi connectivity index (χ1n) is 9.51. The Labute approximate surface area is 160 Å². The molecule has 0 unspecified atom stereocenters. The molecule has 0 amide bonds. The molecule has 0 N–H and O–H groups in total. The van der Waals surface area contributed by atoms with Crippen molar-refractivity contribution in [1.82, 2.24) is 19.7 Å². The highest BCUT2D eigenvalue weighted by molar-refractivity contribution is 5.31. The lowest BCUT2D eigenvalue weighted by molar-refractivity contribution is 0.244. The predicted molar refractivity (Wildman–Crippen MR) is 106 cm³/mol. The third-order valence-electron chi connectivity index (χ3n) is 5.20. The van der Waals surface area contributed by atoms with E-state index in [0.29, 0.717) is 6.04 Å². The van der Waals surface area contributed by atoms with Crippen LogP contribution in [0.1, 0.15) is 41.4 Å². The van der Waals surface area contributed by atoms with Crippen LogP contribution in [-0.4, -0.2) is 33.3 Å². The summed E-state index contributed by atoms with van der Waals surface area (Å²) >= 11 is 0. The number of nitrogens with zero attached hydrogens (tertiary/aromatic N) is 4. The van der Waals surface area contributed by atoms with Gasteiger partial charge in [-0.3, -0.25) is 14.6 Å². The summed E-state index contributed by atoms with van der Waals surface area (Å²) < 4.78 is 7.20. The number of rotatable bonds is 6. The molecule has 3 heterocycles. The minimum absolute atomic E-state index is 0.385. The van der Waals surface area contributed by atoms with Crippen molar-refractivity contribution >= 4 is 0 Å². The van der Waals surface area contributed by atoms with Gasteiger partial charge in [-0.15, -0.1) is 0 Å². The molecule has 1 saturated heterocycles. The number of aromatic nitrogens is 3. The zero-order valence-electron chi connectivity index (χ0n) is 16.0. The molecule has 0 saturated carbocycles. The maximum atomic E-state index is 5.34. The van der Waals surface area contributed by atoms with Gasteiger partial charge in [0.25, 0.3) is 0 Å². The molecule has 2 aromatic heterocycles. The Kier molecular flexibility index (Phi) is 5.21. The Balaban J connectivity index is 1.50. The maximum absolute atomic E-state index is 5.34. The van der Waals surface area contributed by atoms with Gasteiger partial charge in [0.15, 0.2) is 0 Å². The Bertz CT molecular complexity index is 905. The van der Waals surface area contributed by atoms with E-state index in [1.54, 1.807) is 7.11 Å². The summed E-state index contributed by atoms with van der Waals surface area (Å²) in [6.07, 6.45) is 7.26. The van der Waals surface area contributed by atoms with Crippen LogP contribution in [0, 0.1) is 0 Å². The monoisotopic (exact) mass is 362 g/mol. The molecule has 0 bridgehead atoms. The first-order chi connectivity index (χ1) is 13.2. The summed E-state index contributed by atoms with van der Waals surface area (Å²) in [4.78, 5) is 7.52. The normalized spacial score (nSPS) is 17.3. The SMILES string of the molecule is COc1cccc(Cc2cccc([C@@H]3CCCN3Cc3cnn(C)c3)n2)c1. The van der Waals surface area contributed by atoms with Crippen molar-refractivity contribution in [3.8, 4) is 5.75 Å². The molecule has 1 fully saturated rings. The van der Waals surface area contributed by atoms with E-state index in [-0.39, 0.29) is 0 Å². The molecule has 140 valence electrons. The quantitative estimate of drug-likeness (QED) is 0.670. The Morgan fingerprint density at radius 3 is 2.85 bits per heavy atom. The van der Waals surface area contributed by atoms with Gasteiger partial charge in [0.2, 0.25) is 0 Å². The van der Waals surface area contributed by atoms with Crippen LogP contribution in [0.3, 0.4) is 0 Å². The van der Waals surface area contributed by atoms with Gasteiger partial charge in [0.05, 0.1) is 25.0 Å². The Hall–Kier alpha value is -2.66. The van der Waals surface area contributed by atoms with Crippen LogP contribution >= 0.6 is 0 Å². The number of pyridine rings is 1. The van der Waals surface area contributed by atoms with Gasteiger partial charge in [0, 0.05) is 37.5 Å². The van der Waals surface area contributed by atoms with Crippen LogP contribution in [-0.2, 0) is 20.0 Å². The molecule has 3 aromatic rings. The van der Waals surface area contributed by atoms with E-state index in [0.717, 1.165) is 37.4 Å². The van der Waals surface area contributed by atoms with Gasteiger partial charge in [0.1, 0.15) is 5.75 Å². The third-order valence-corrected chi connectivity index (χ3v) is 5.20. The Morgan fingerprint density at radius 2 is 2.04 bits per heavy atom. The van der Waals surface area contributed by atoms with Crippen LogP contribution in [0.25, 0.3) is 0 Å².